The quantitative estimate of drug-likeness (QED) is 0.938. The summed E-state index contributed by atoms with van der Waals surface area (Å²) in [6.07, 6.45) is 1.69. The van der Waals surface area contributed by atoms with Crippen LogP contribution in [0.5, 0.6) is 0 Å². The summed E-state index contributed by atoms with van der Waals surface area (Å²) in [7, 11) is 0. The third-order valence-corrected chi connectivity index (χ3v) is 3.86. The standard InChI is InChI=1S/C16H19N3O2/c1-11(2)19-15(16(20)21)14(7-17-19)10-18-8-12-5-3-4-6-13(12)9-18/h3-7,11H,8-10H2,1-2H3,(H,20,21). The van der Waals surface area contributed by atoms with Gasteiger partial charge in [0.15, 0.2) is 5.69 Å². The van der Waals surface area contributed by atoms with Crippen LogP contribution in [0.15, 0.2) is 30.5 Å². The van der Waals surface area contributed by atoms with Crippen molar-refractivity contribution < 1.29 is 9.90 Å². The van der Waals surface area contributed by atoms with E-state index >= 15 is 0 Å². The summed E-state index contributed by atoms with van der Waals surface area (Å²) in [5.74, 6) is -0.909. The molecule has 1 aromatic carbocycles. The molecule has 0 spiro atoms. The fourth-order valence-electron chi connectivity index (χ4n) is 2.90. The van der Waals surface area contributed by atoms with Gasteiger partial charge in [-0.25, -0.2) is 4.79 Å². The smallest absolute Gasteiger partial charge is 0.354 e. The highest BCUT2D eigenvalue weighted by Crippen LogP contribution is 2.25. The maximum atomic E-state index is 11.5. The first kappa shape index (κ1) is 13.8. The van der Waals surface area contributed by atoms with E-state index in [-0.39, 0.29) is 6.04 Å². The van der Waals surface area contributed by atoms with Gasteiger partial charge in [-0.2, -0.15) is 5.10 Å². The number of aromatic carboxylic acids is 1. The maximum absolute atomic E-state index is 11.5. The Morgan fingerprint density at radius 2 is 1.90 bits per heavy atom. The van der Waals surface area contributed by atoms with Crippen LogP contribution in [0.2, 0.25) is 0 Å². The molecule has 0 radical (unpaired) electrons. The second-order valence-electron chi connectivity index (χ2n) is 5.78. The first-order valence-corrected chi connectivity index (χ1v) is 7.15. The molecular formula is C16H19N3O2. The lowest BCUT2D eigenvalue weighted by atomic mass is 10.1. The molecule has 2 aromatic rings. The van der Waals surface area contributed by atoms with Crippen molar-refractivity contribution in [1.82, 2.24) is 14.7 Å². The van der Waals surface area contributed by atoms with Gasteiger partial charge < -0.3 is 5.11 Å². The highest BCUT2D eigenvalue weighted by Gasteiger charge is 2.24. The molecule has 21 heavy (non-hydrogen) atoms. The second-order valence-corrected chi connectivity index (χ2v) is 5.78. The number of carboxylic acid groups (broad SMARTS) is 1. The van der Waals surface area contributed by atoms with Crippen LogP contribution >= 0.6 is 0 Å². The van der Waals surface area contributed by atoms with Gasteiger partial charge in [-0.3, -0.25) is 9.58 Å². The normalized spacial score (nSPS) is 14.6. The molecule has 1 aliphatic rings. The van der Waals surface area contributed by atoms with E-state index in [2.05, 4.69) is 22.1 Å². The van der Waals surface area contributed by atoms with Crippen LogP contribution in [-0.4, -0.2) is 25.8 Å². The van der Waals surface area contributed by atoms with Crippen molar-refractivity contribution in [2.24, 2.45) is 0 Å². The molecule has 110 valence electrons. The predicted molar refractivity (Wildman–Crippen MR) is 79.0 cm³/mol. The number of benzene rings is 1. The van der Waals surface area contributed by atoms with Crippen LogP contribution in [-0.2, 0) is 19.6 Å². The first-order chi connectivity index (χ1) is 10.1. The van der Waals surface area contributed by atoms with Crippen LogP contribution in [0.1, 0.15) is 47.1 Å². The van der Waals surface area contributed by atoms with Crippen LogP contribution < -0.4 is 0 Å². The number of carboxylic acids is 1. The van der Waals surface area contributed by atoms with Gasteiger partial charge in [0, 0.05) is 31.2 Å². The molecule has 0 atom stereocenters. The summed E-state index contributed by atoms with van der Waals surface area (Å²) < 4.78 is 1.58. The lowest BCUT2D eigenvalue weighted by Crippen LogP contribution is -2.19. The second kappa shape index (κ2) is 5.33. The van der Waals surface area contributed by atoms with E-state index in [0.29, 0.717) is 12.2 Å². The van der Waals surface area contributed by atoms with Crippen molar-refractivity contribution >= 4 is 5.97 Å². The lowest BCUT2D eigenvalue weighted by Gasteiger charge is -2.15. The molecule has 0 unspecified atom stereocenters. The van der Waals surface area contributed by atoms with Gasteiger partial charge in [0.2, 0.25) is 0 Å². The summed E-state index contributed by atoms with van der Waals surface area (Å²) in [6.45, 7) is 6.22. The number of fused-ring (bicyclic) bond motifs is 1. The van der Waals surface area contributed by atoms with Gasteiger partial charge in [-0.15, -0.1) is 0 Å². The average molecular weight is 285 g/mol. The van der Waals surface area contributed by atoms with Crippen molar-refractivity contribution in [3.05, 3.63) is 52.8 Å². The Labute approximate surface area is 123 Å². The van der Waals surface area contributed by atoms with Crippen molar-refractivity contribution in [2.75, 3.05) is 0 Å². The minimum Gasteiger partial charge on any atom is -0.477 e. The predicted octanol–water partition coefficient (Wildman–Crippen LogP) is 2.68. The van der Waals surface area contributed by atoms with Crippen molar-refractivity contribution in [1.29, 1.82) is 0 Å². The number of carbonyl (C=O) groups is 1. The molecule has 0 aliphatic carbocycles. The number of hydrogen-bond acceptors (Lipinski definition) is 3. The van der Waals surface area contributed by atoms with E-state index in [1.165, 1.54) is 11.1 Å². The van der Waals surface area contributed by atoms with Crippen LogP contribution in [0, 0.1) is 0 Å². The molecule has 1 aromatic heterocycles. The Morgan fingerprint density at radius 3 is 2.43 bits per heavy atom. The summed E-state index contributed by atoms with van der Waals surface area (Å²) in [5, 5.41) is 13.7. The third-order valence-electron chi connectivity index (χ3n) is 3.86. The van der Waals surface area contributed by atoms with Gasteiger partial charge in [0.25, 0.3) is 0 Å². The SMILES string of the molecule is CC(C)n1ncc(CN2Cc3ccccc3C2)c1C(=O)O. The first-order valence-electron chi connectivity index (χ1n) is 7.15. The molecular weight excluding hydrogens is 266 g/mol. The van der Waals surface area contributed by atoms with Crippen molar-refractivity contribution in [3.63, 3.8) is 0 Å². The monoisotopic (exact) mass is 285 g/mol. The molecule has 0 fully saturated rings. The highest BCUT2D eigenvalue weighted by atomic mass is 16.4. The number of aromatic nitrogens is 2. The van der Waals surface area contributed by atoms with Crippen LogP contribution in [0.25, 0.3) is 0 Å². The van der Waals surface area contributed by atoms with E-state index < -0.39 is 5.97 Å². The largest absolute Gasteiger partial charge is 0.477 e. The Morgan fingerprint density at radius 1 is 1.29 bits per heavy atom. The van der Waals surface area contributed by atoms with Gasteiger partial charge >= 0.3 is 5.97 Å². The van der Waals surface area contributed by atoms with Crippen LogP contribution in [0.3, 0.4) is 0 Å². The van der Waals surface area contributed by atoms with E-state index in [4.69, 9.17) is 0 Å². The zero-order valence-corrected chi connectivity index (χ0v) is 12.3. The molecule has 0 saturated carbocycles. The molecule has 5 nitrogen and oxygen atoms in total. The molecule has 2 heterocycles. The summed E-state index contributed by atoms with van der Waals surface area (Å²) in [4.78, 5) is 13.8. The fourth-order valence-corrected chi connectivity index (χ4v) is 2.90. The highest BCUT2D eigenvalue weighted by molar-refractivity contribution is 5.87. The zero-order chi connectivity index (χ0) is 15.0. The Kier molecular flexibility index (Phi) is 3.51. The minimum absolute atomic E-state index is 0.0422. The summed E-state index contributed by atoms with van der Waals surface area (Å²) >= 11 is 0. The van der Waals surface area contributed by atoms with Crippen molar-refractivity contribution in [3.8, 4) is 0 Å². The Bertz CT molecular complexity index is 651. The number of hydrogen-bond donors (Lipinski definition) is 1. The number of rotatable bonds is 4. The maximum Gasteiger partial charge on any atom is 0.354 e. The third kappa shape index (κ3) is 2.56. The number of nitrogens with zero attached hydrogens (tertiary/aromatic N) is 3. The molecule has 3 rings (SSSR count). The molecule has 0 saturated heterocycles. The lowest BCUT2D eigenvalue weighted by molar-refractivity contribution is 0.0678. The fraction of sp³-hybridized carbons (Fsp3) is 0.375. The van der Waals surface area contributed by atoms with Gasteiger partial charge in [-0.05, 0) is 25.0 Å². The van der Waals surface area contributed by atoms with E-state index in [0.717, 1.165) is 18.7 Å². The molecule has 1 aliphatic heterocycles. The molecule has 0 bridgehead atoms. The Hall–Kier alpha value is -2.14. The molecule has 0 amide bonds. The van der Waals surface area contributed by atoms with E-state index in [1.54, 1.807) is 10.9 Å². The van der Waals surface area contributed by atoms with E-state index in [9.17, 15) is 9.90 Å². The zero-order valence-electron chi connectivity index (χ0n) is 12.3. The molecule has 1 N–H and O–H groups in total. The van der Waals surface area contributed by atoms with Crippen molar-refractivity contribution in [2.45, 2.75) is 39.5 Å². The van der Waals surface area contributed by atoms with Gasteiger partial charge in [0.05, 0.1) is 6.20 Å². The summed E-state index contributed by atoms with van der Waals surface area (Å²) in [5.41, 5.74) is 3.74. The topological polar surface area (TPSA) is 58.4 Å². The Balaban J connectivity index is 1.82. The average Bonchev–Trinajstić information content (AvgIpc) is 3.01. The summed E-state index contributed by atoms with van der Waals surface area (Å²) in [6, 6.07) is 8.39. The van der Waals surface area contributed by atoms with Gasteiger partial charge in [-0.1, -0.05) is 24.3 Å². The molecule has 5 heteroatoms. The van der Waals surface area contributed by atoms with E-state index in [1.807, 2.05) is 26.0 Å². The minimum atomic E-state index is -0.909. The van der Waals surface area contributed by atoms with Gasteiger partial charge in [0.1, 0.15) is 0 Å². The van der Waals surface area contributed by atoms with Crippen LogP contribution in [0.4, 0.5) is 0 Å².